The Balaban J connectivity index is 1.89. The van der Waals surface area contributed by atoms with E-state index in [1.165, 1.54) is 31.5 Å². The summed E-state index contributed by atoms with van der Waals surface area (Å²) in [6.45, 7) is 15.4. The van der Waals surface area contributed by atoms with Crippen LogP contribution in [0.15, 0.2) is 10.5 Å². The lowest BCUT2D eigenvalue weighted by Gasteiger charge is -2.36. The third kappa shape index (κ3) is 4.35. The first-order valence-corrected chi connectivity index (χ1v) is 7.90. The number of hydrogen-bond acceptors (Lipinski definition) is 3. The molecule has 1 N–H and O–H groups in total. The molecule has 1 aliphatic rings. The molecule has 0 bridgehead atoms. The molecule has 114 valence electrons. The van der Waals surface area contributed by atoms with E-state index in [0.717, 1.165) is 24.6 Å². The number of likely N-dealkylation sites (tertiary alicyclic amines) is 1. The third-order valence-corrected chi connectivity index (χ3v) is 4.36. The minimum Gasteiger partial charge on any atom is -0.465 e. The molecular formula is C17H30N2O. The Morgan fingerprint density at radius 2 is 1.95 bits per heavy atom. The van der Waals surface area contributed by atoms with Gasteiger partial charge >= 0.3 is 0 Å². The molecule has 0 aromatic carbocycles. The Morgan fingerprint density at radius 1 is 1.30 bits per heavy atom. The smallest absolute Gasteiger partial charge is 0.118 e. The van der Waals surface area contributed by atoms with Crippen molar-refractivity contribution in [2.45, 2.75) is 66.6 Å². The van der Waals surface area contributed by atoms with Crippen molar-refractivity contribution in [3.05, 3.63) is 23.2 Å². The Labute approximate surface area is 123 Å². The van der Waals surface area contributed by atoms with E-state index in [2.05, 4.69) is 50.9 Å². The first-order valence-electron chi connectivity index (χ1n) is 7.90. The fraction of sp³-hybridized carbons (Fsp3) is 0.765. The Kier molecular flexibility index (Phi) is 4.92. The van der Waals surface area contributed by atoms with Crippen LogP contribution in [-0.2, 0) is 13.1 Å². The highest BCUT2D eigenvalue weighted by molar-refractivity contribution is 5.20. The number of furan rings is 1. The van der Waals surface area contributed by atoms with Gasteiger partial charge < -0.3 is 9.73 Å². The van der Waals surface area contributed by atoms with Gasteiger partial charge in [-0.15, -0.1) is 0 Å². The zero-order chi connectivity index (χ0) is 14.8. The van der Waals surface area contributed by atoms with Crippen molar-refractivity contribution >= 4 is 0 Å². The normalized spacial score (nSPS) is 19.7. The minimum atomic E-state index is 0.511. The van der Waals surface area contributed by atoms with Crippen molar-refractivity contribution < 1.29 is 4.42 Å². The van der Waals surface area contributed by atoms with Crippen LogP contribution in [0.1, 0.15) is 57.6 Å². The van der Waals surface area contributed by atoms with Crippen LogP contribution >= 0.6 is 0 Å². The van der Waals surface area contributed by atoms with E-state index >= 15 is 0 Å². The SMILES string of the molecule is Cc1oc(CN2CCC(C)(C)CC2)cc1CNC(C)C. The molecule has 1 aromatic heterocycles. The minimum absolute atomic E-state index is 0.511. The van der Waals surface area contributed by atoms with E-state index < -0.39 is 0 Å². The van der Waals surface area contributed by atoms with Crippen molar-refractivity contribution in [3.63, 3.8) is 0 Å². The van der Waals surface area contributed by atoms with E-state index in [4.69, 9.17) is 4.42 Å². The molecule has 0 radical (unpaired) electrons. The second-order valence-electron chi connectivity index (χ2n) is 7.27. The third-order valence-electron chi connectivity index (χ3n) is 4.36. The topological polar surface area (TPSA) is 28.4 Å². The standard InChI is InChI=1S/C17H30N2O/c1-13(2)18-11-15-10-16(20-14(15)3)12-19-8-6-17(4,5)7-9-19/h10,13,18H,6-9,11-12H2,1-5H3. The van der Waals surface area contributed by atoms with Crippen molar-refractivity contribution in [2.75, 3.05) is 13.1 Å². The maximum atomic E-state index is 5.92. The number of aryl methyl sites for hydroxylation is 1. The molecule has 0 spiro atoms. The molecule has 1 aliphatic heterocycles. The molecule has 3 heteroatoms. The highest BCUT2D eigenvalue weighted by Crippen LogP contribution is 2.30. The van der Waals surface area contributed by atoms with Crippen LogP contribution in [-0.4, -0.2) is 24.0 Å². The fourth-order valence-corrected chi connectivity index (χ4v) is 2.69. The number of hydrogen-bond donors (Lipinski definition) is 1. The molecule has 0 saturated carbocycles. The average molecular weight is 278 g/mol. The Morgan fingerprint density at radius 3 is 2.55 bits per heavy atom. The van der Waals surface area contributed by atoms with Gasteiger partial charge in [-0.25, -0.2) is 0 Å². The molecule has 1 fully saturated rings. The highest BCUT2D eigenvalue weighted by Gasteiger charge is 2.25. The summed E-state index contributed by atoms with van der Waals surface area (Å²) in [5, 5.41) is 3.46. The van der Waals surface area contributed by atoms with Crippen LogP contribution in [0.25, 0.3) is 0 Å². The number of rotatable bonds is 5. The van der Waals surface area contributed by atoms with Gasteiger partial charge in [0.15, 0.2) is 0 Å². The molecule has 0 unspecified atom stereocenters. The molecule has 3 nitrogen and oxygen atoms in total. The maximum absolute atomic E-state index is 5.92. The summed E-state index contributed by atoms with van der Waals surface area (Å²) in [6.07, 6.45) is 2.57. The zero-order valence-electron chi connectivity index (χ0n) is 13.8. The van der Waals surface area contributed by atoms with E-state index in [9.17, 15) is 0 Å². The van der Waals surface area contributed by atoms with Gasteiger partial charge in [-0.3, -0.25) is 4.90 Å². The molecule has 1 aromatic rings. The van der Waals surface area contributed by atoms with E-state index in [0.29, 0.717) is 11.5 Å². The lowest BCUT2D eigenvalue weighted by Crippen LogP contribution is -2.36. The van der Waals surface area contributed by atoms with Crippen LogP contribution in [0.5, 0.6) is 0 Å². The van der Waals surface area contributed by atoms with Gasteiger partial charge in [0.05, 0.1) is 6.54 Å². The first-order chi connectivity index (χ1) is 9.35. The second kappa shape index (κ2) is 6.31. The molecular weight excluding hydrogens is 248 g/mol. The quantitative estimate of drug-likeness (QED) is 0.890. The fourth-order valence-electron chi connectivity index (χ4n) is 2.69. The Bertz CT molecular complexity index is 424. The largest absolute Gasteiger partial charge is 0.465 e. The Hall–Kier alpha value is -0.800. The van der Waals surface area contributed by atoms with Crippen molar-refractivity contribution in [2.24, 2.45) is 5.41 Å². The summed E-state index contributed by atoms with van der Waals surface area (Å²) in [5.41, 5.74) is 1.81. The number of nitrogens with one attached hydrogen (secondary N) is 1. The molecule has 1 saturated heterocycles. The summed E-state index contributed by atoms with van der Waals surface area (Å²) in [5.74, 6) is 2.17. The molecule has 0 amide bonds. The van der Waals surface area contributed by atoms with Crippen LogP contribution in [0, 0.1) is 12.3 Å². The maximum Gasteiger partial charge on any atom is 0.118 e. The average Bonchev–Trinajstić information content (AvgIpc) is 2.70. The summed E-state index contributed by atoms with van der Waals surface area (Å²) < 4.78 is 5.92. The molecule has 0 atom stereocenters. The van der Waals surface area contributed by atoms with Gasteiger partial charge in [0.2, 0.25) is 0 Å². The van der Waals surface area contributed by atoms with Crippen molar-refractivity contribution in [1.82, 2.24) is 10.2 Å². The lowest BCUT2D eigenvalue weighted by molar-refractivity contribution is 0.120. The van der Waals surface area contributed by atoms with Gasteiger partial charge in [-0.1, -0.05) is 27.7 Å². The van der Waals surface area contributed by atoms with Gasteiger partial charge in [0.1, 0.15) is 11.5 Å². The predicted octanol–water partition coefficient (Wildman–Crippen LogP) is 3.71. The lowest BCUT2D eigenvalue weighted by atomic mass is 9.83. The first kappa shape index (κ1) is 15.6. The van der Waals surface area contributed by atoms with Crippen LogP contribution in [0.3, 0.4) is 0 Å². The number of nitrogens with zero attached hydrogens (tertiary/aromatic N) is 1. The molecule has 2 heterocycles. The van der Waals surface area contributed by atoms with Crippen molar-refractivity contribution in [1.29, 1.82) is 0 Å². The van der Waals surface area contributed by atoms with Crippen LogP contribution < -0.4 is 5.32 Å². The summed E-state index contributed by atoms with van der Waals surface area (Å²) in [6, 6.07) is 2.74. The van der Waals surface area contributed by atoms with Crippen LogP contribution in [0.4, 0.5) is 0 Å². The van der Waals surface area contributed by atoms with Crippen molar-refractivity contribution in [3.8, 4) is 0 Å². The predicted molar refractivity (Wildman–Crippen MR) is 83.7 cm³/mol. The zero-order valence-corrected chi connectivity index (χ0v) is 13.8. The van der Waals surface area contributed by atoms with E-state index in [1.807, 2.05) is 0 Å². The van der Waals surface area contributed by atoms with Gasteiger partial charge in [-0.05, 0) is 44.3 Å². The molecule has 20 heavy (non-hydrogen) atoms. The van der Waals surface area contributed by atoms with Gasteiger partial charge in [-0.2, -0.15) is 0 Å². The summed E-state index contributed by atoms with van der Waals surface area (Å²) >= 11 is 0. The van der Waals surface area contributed by atoms with Gasteiger partial charge in [0, 0.05) is 18.2 Å². The number of piperidine rings is 1. The monoisotopic (exact) mass is 278 g/mol. The van der Waals surface area contributed by atoms with E-state index in [1.54, 1.807) is 0 Å². The molecule has 2 rings (SSSR count). The molecule has 0 aliphatic carbocycles. The van der Waals surface area contributed by atoms with Gasteiger partial charge in [0.25, 0.3) is 0 Å². The van der Waals surface area contributed by atoms with Crippen LogP contribution in [0.2, 0.25) is 0 Å². The second-order valence-corrected chi connectivity index (χ2v) is 7.27. The van der Waals surface area contributed by atoms with E-state index in [-0.39, 0.29) is 0 Å². The summed E-state index contributed by atoms with van der Waals surface area (Å²) in [7, 11) is 0. The highest BCUT2D eigenvalue weighted by atomic mass is 16.3. The summed E-state index contributed by atoms with van der Waals surface area (Å²) in [4.78, 5) is 2.52.